The highest BCUT2D eigenvalue weighted by Crippen LogP contribution is 2.46. The maximum Gasteiger partial charge on any atom is 0.0541 e. The molecule has 0 saturated carbocycles. The van der Waals surface area contributed by atoms with Crippen LogP contribution >= 0.6 is 0 Å². The topological polar surface area (TPSA) is 11.4 Å². The largest absolute Gasteiger partial charge is 0.310 e. The van der Waals surface area contributed by atoms with Crippen molar-refractivity contribution in [2.75, 3.05) is 9.80 Å². The van der Waals surface area contributed by atoms with Crippen LogP contribution in [0.15, 0.2) is 212 Å². The summed E-state index contributed by atoms with van der Waals surface area (Å²) in [6.07, 6.45) is 0. The van der Waals surface area contributed by atoms with Crippen molar-refractivity contribution < 1.29 is 0 Å². The van der Waals surface area contributed by atoms with Gasteiger partial charge in [-0.15, -0.1) is 0 Å². The van der Waals surface area contributed by atoms with E-state index in [9.17, 15) is 0 Å². The Balaban J connectivity index is 1.20. The van der Waals surface area contributed by atoms with Crippen molar-refractivity contribution in [3.05, 3.63) is 212 Å². The minimum absolute atomic E-state index is 1.08. The number of hydrogen-bond acceptors (Lipinski definition) is 2. The molecule has 9 aromatic rings. The summed E-state index contributed by atoms with van der Waals surface area (Å²) in [7, 11) is 0. The molecule has 1 heterocycles. The maximum atomic E-state index is 2.37. The van der Waals surface area contributed by atoms with Crippen LogP contribution in [0.4, 0.5) is 34.1 Å². The van der Waals surface area contributed by atoms with Gasteiger partial charge in [0.15, 0.2) is 0 Å². The van der Waals surface area contributed by atoms with Gasteiger partial charge < -0.3 is 14.4 Å². The maximum absolute atomic E-state index is 2.37. The van der Waals surface area contributed by atoms with Crippen LogP contribution in [0.5, 0.6) is 0 Å². The summed E-state index contributed by atoms with van der Waals surface area (Å²) in [6, 6.07) is 75.6. The summed E-state index contributed by atoms with van der Waals surface area (Å²) in [5.41, 5.74) is 12.4. The fourth-order valence-electron chi connectivity index (χ4n) is 7.33. The lowest BCUT2D eigenvalue weighted by atomic mass is 9.98. The number of hydrogen-bond donors (Lipinski definition) is 0. The van der Waals surface area contributed by atoms with Gasteiger partial charge in [-0.25, -0.2) is 0 Å². The molecule has 0 spiro atoms. The Hall–Kier alpha value is -6.84. The number of para-hydroxylation sites is 7. The van der Waals surface area contributed by atoms with E-state index in [1.165, 1.54) is 21.8 Å². The molecular formula is C48H35N3. The summed E-state index contributed by atoms with van der Waals surface area (Å²) in [4.78, 5) is 4.72. The summed E-state index contributed by atoms with van der Waals surface area (Å²) in [6.45, 7) is 0. The van der Waals surface area contributed by atoms with E-state index in [2.05, 4.69) is 227 Å². The molecule has 242 valence electrons. The number of fused-ring (bicyclic) bond motifs is 3. The molecule has 8 aromatic carbocycles. The summed E-state index contributed by atoms with van der Waals surface area (Å²) in [5.74, 6) is 0. The van der Waals surface area contributed by atoms with E-state index in [4.69, 9.17) is 0 Å². The first-order valence-electron chi connectivity index (χ1n) is 17.4. The average molecular weight is 654 g/mol. The Morgan fingerprint density at radius 2 is 0.608 bits per heavy atom. The third-order valence-electron chi connectivity index (χ3n) is 9.57. The lowest BCUT2D eigenvalue weighted by Gasteiger charge is -2.31. The fraction of sp³-hybridized carbons (Fsp3) is 0. The number of benzene rings is 8. The van der Waals surface area contributed by atoms with Crippen LogP contribution in [0, 0.1) is 0 Å². The van der Waals surface area contributed by atoms with Gasteiger partial charge in [0, 0.05) is 50.3 Å². The van der Waals surface area contributed by atoms with Crippen LogP contribution in [0.25, 0.3) is 38.6 Å². The van der Waals surface area contributed by atoms with Crippen LogP contribution < -0.4 is 9.80 Å². The summed E-state index contributed by atoms with van der Waals surface area (Å²) in [5, 5.41) is 2.52. The first-order chi connectivity index (χ1) is 25.3. The van der Waals surface area contributed by atoms with E-state index < -0.39 is 0 Å². The van der Waals surface area contributed by atoms with E-state index in [1.807, 2.05) is 0 Å². The predicted octanol–water partition coefficient (Wildman–Crippen LogP) is 13.4. The Bertz CT molecular complexity index is 2480. The van der Waals surface area contributed by atoms with E-state index in [0.29, 0.717) is 0 Å². The Labute approximate surface area is 298 Å². The molecule has 0 saturated heterocycles. The molecule has 0 fully saturated rings. The van der Waals surface area contributed by atoms with Crippen LogP contribution in [-0.4, -0.2) is 4.57 Å². The van der Waals surface area contributed by atoms with Gasteiger partial charge in [0.25, 0.3) is 0 Å². The van der Waals surface area contributed by atoms with Gasteiger partial charge in [-0.1, -0.05) is 127 Å². The van der Waals surface area contributed by atoms with Gasteiger partial charge >= 0.3 is 0 Å². The third kappa shape index (κ3) is 5.51. The van der Waals surface area contributed by atoms with Gasteiger partial charge in [0.1, 0.15) is 0 Å². The van der Waals surface area contributed by atoms with E-state index in [0.717, 1.165) is 50.9 Å². The van der Waals surface area contributed by atoms with Gasteiger partial charge in [0.05, 0.1) is 22.4 Å². The highest BCUT2D eigenvalue weighted by molar-refractivity contribution is 6.09. The first kappa shape index (κ1) is 30.2. The minimum atomic E-state index is 1.08. The molecule has 0 bridgehead atoms. The summed E-state index contributed by atoms with van der Waals surface area (Å²) >= 11 is 0. The van der Waals surface area contributed by atoms with Gasteiger partial charge in [0.2, 0.25) is 0 Å². The number of aromatic nitrogens is 1. The van der Waals surface area contributed by atoms with Gasteiger partial charge in [-0.05, 0) is 84.9 Å². The molecule has 1 aromatic heterocycles. The Morgan fingerprint density at radius 1 is 0.275 bits per heavy atom. The average Bonchev–Trinajstić information content (AvgIpc) is 3.55. The molecule has 3 heteroatoms. The monoisotopic (exact) mass is 653 g/mol. The number of nitrogens with zero attached hydrogens (tertiary/aromatic N) is 3. The second kappa shape index (κ2) is 13.2. The van der Waals surface area contributed by atoms with Crippen molar-refractivity contribution in [3.8, 4) is 16.8 Å². The van der Waals surface area contributed by atoms with Crippen molar-refractivity contribution in [2.45, 2.75) is 0 Å². The van der Waals surface area contributed by atoms with E-state index in [-0.39, 0.29) is 0 Å². The van der Waals surface area contributed by atoms with E-state index in [1.54, 1.807) is 0 Å². The van der Waals surface area contributed by atoms with Crippen LogP contribution in [0.1, 0.15) is 0 Å². The second-order valence-electron chi connectivity index (χ2n) is 12.6. The standard InChI is InChI=1S/C48H35N3/c1-4-18-36(19-5-1)49(37-20-6-2-7-21-37)45-28-14-10-24-41(45)42-25-11-15-29-46(42)50(38-22-8-3-9-23-38)39-32-34-40(35-33-39)51-47-30-16-12-26-43(47)44-27-13-17-31-48(44)51/h1-35H. The molecule has 0 aliphatic carbocycles. The van der Waals surface area contributed by atoms with Crippen molar-refractivity contribution in [2.24, 2.45) is 0 Å². The molecule has 0 aliphatic rings. The SMILES string of the molecule is c1ccc(N(c2ccccc2)c2ccccc2-c2ccccc2N(c2ccccc2)c2ccc(-n3c4ccccc4c4ccccc43)cc2)cc1. The first-order valence-corrected chi connectivity index (χ1v) is 17.4. The lowest BCUT2D eigenvalue weighted by Crippen LogP contribution is -2.13. The normalized spacial score (nSPS) is 11.1. The molecule has 0 radical (unpaired) electrons. The Morgan fingerprint density at radius 3 is 1.04 bits per heavy atom. The molecule has 9 rings (SSSR count). The van der Waals surface area contributed by atoms with Crippen molar-refractivity contribution in [1.29, 1.82) is 0 Å². The fourth-order valence-corrected chi connectivity index (χ4v) is 7.33. The van der Waals surface area contributed by atoms with Gasteiger partial charge in [-0.2, -0.15) is 0 Å². The van der Waals surface area contributed by atoms with Crippen LogP contribution in [-0.2, 0) is 0 Å². The zero-order chi connectivity index (χ0) is 34.0. The summed E-state index contributed by atoms with van der Waals surface area (Å²) < 4.78 is 2.37. The second-order valence-corrected chi connectivity index (χ2v) is 12.6. The van der Waals surface area contributed by atoms with E-state index >= 15 is 0 Å². The van der Waals surface area contributed by atoms with Crippen molar-refractivity contribution in [3.63, 3.8) is 0 Å². The van der Waals surface area contributed by atoms with Crippen LogP contribution in [0.2, 0.25) is 0 Å². The smallest absolute Gasteiger partial charge is 0.0541 e. The molecular weight excluding hydrogens is 619 g/mol. The highest BCUT2D eigenvalue weighted by atomic mass is 15.2. The predicted molar refractivity (Wildman–Crippen MR) is 216 cm³/mol. The van der Waals surface area contributed by atoms with Crippen molar-refractivity contribution in [1.82, 2.24) is 4.57 Å². The highest BCUT2D eigenvalue weighted by Gasteiger charge is 2.22. The zero-order valence-corrected chi connectivity index (χ0v) is 28.0. The molecule has 3 nitrogen and oxygen atoms in total. The number of rotatable bonds is 8. The lowest BCUT2D eigenvalue weighted by molar-refractivity contribution is 1.17. The minimum Gasteiger partial charge on any atom is -0.310 e. The molecule has 0 atom stereocenters. The molecule has 0 N–H and O–H groups in total. The van der Waals surface area contributed by atoms with Crippen molar-refractivity contribution >= 4 is 55.9 Å². The molecule has 0 unspecified atom stereocenters. The van der Waals surface area contributed by atoms with Crippen LogP contribution in [0.3, 0.4) is 0 Å². The molecule has 0 amide bonds. The zero-order valence-electron chi connectivity index (χ0n) is 28.0. The third-order valence-corrected chi connectivity index (χ3v) is 9.57. The van der Waals surface area contributed by atoms with Gasteiger partial charge in [-0.3, -0.25) is 0 Å². The quantitative estimate of drug-likeness (QED) is 0.162. The number of anilines is 6. The molecule has 0 aliphatic heterocycles. The Kier molecular flexibility index (Phi) is 7.84. The molecule has 51 heavy (non-hydrogen) atoms.